The van der Waals surface area contributed by atoms with Crippen LogP contribution in [0.25, 0.3) is 10.9 Å². The average molecular weight is 263 g/mol. The highest BCUT2D eigenvalue weighted by atomic mass is 35.5. The predicted molar refractivity (Wildman–Crippen MR) is 74.0 cm³/mol. The van der Waals surface area contributed by atoms with Gasteiger partial charge in [-0.2, -0.15) is 0 Å². The molecular weight excluding hydrogens is 248 g/mol. The van der Waals surface area contributed by atoms with Crippen molar-refractivity contribution in [3.05, 3.63) is 41.0 Å². The molecular formula is C14H15ClN2O. The van der Waals surface area contributed by atoms with Gasteiger partial charge in [-0.05, 0) is 31.5 Å². The topological polar surface area (TPSA) is 42.0 Å². The van der Waals surface area contributed by atoms with Crippen molar-refractivity contribution in [3.63, 3.8) is 0 Å². The van der Waals surface area contributed by atoms with E-state index in [2.05, 4.69) is 10.3 Å². The van der Waals surface area contributed by atoms with E-state index in [1.165, 1.54) is 0 Å². The van der Waals surface area contributed by atoms with E-state index < -0.39 is 0 Å². The van der Waals surface area contributed by atoms with Crippen molar-refractivity contribution in [1.82, 2.24) is 10.3 Å². The predicted octanol–water partition coefficient (Wildman–Crippen LogP) is 3.42. The van der Waals surface area contributed by atoms with Gasteiger partial charge in [-0.1, -0.05) is 30.7 Å². The van der Waals surface area contributed by atoms with Crippen molar-refractivity contribution in [2.75, 3.05) is 0 Å². The molecule has 0 aliphatic carbocycles. The zero-order valence-electron chi connectivity index (χ0n) is 10.4. The number of hydrogen-bond acceptors (Lipinski definition) is 2. The largest absolute Gasteiger partial charge is 0.348 e. The lowest BCUT2D eigenvalue weighted by atomic mass is 10.2. The highest BCUT2D eigenvalue weighted by molar-refractivity contribution is 6.31. The van der Waals surface area contributed by atoms with E-state index in [1.807, 2.05) is 32.0 Å². The summed E-state index contributed by atoms with van der Waals surface area (Å²) in [6.07, 6.45) is 0.894. The van der Waals surface area contributed by atoms with Crippen LogP contribution >= 0.6 is 11.6 Å². The van der Waals surface area contributed by atoms with E-state index in [-0.39, 0.29) is 11.9 Å². The molecule has 0 saturated carbocycles. The third-order valence-corrected chi connectivity index (χ3v) is 3.11. The Kier molecular flexibility index (Phi) is 3.82. The van der Waals surface area contributed by atoms with Gasteiger partial charge in [-0.3, -0.25) is 4.79 Å². The van der Waals surface area contributed by atoms with Crippen LogP contribution in [-0.4, -0.2) is 16.9 Å². The summed E-state index contributed by atoms with van der Waals surface area (Å²) in [4.78, 5) is 16.3. The summed E-state index contributed by atoms with van der Waals surface area (Å²) in [6, 6.07) is 9.22. The molecule has 1 N–H and O–H groups in total. The van der Waals surface area contributed by atoms with Crippen molar-refractivity contribution in [2.24, 2.45) is 0 Å². The first kappa shape index (κ1) is 12.8. The molecule has 2 rings (SSSR count). The van der Waals surface area contributed by atoms with Gasteiger partial charge in [-0.25, -0.2) is 4.98 Å². The number of carbonyl (C=O) groups excluding carboxylic acids is 1. The number of benzene rings is 1. The molecule has 18 heavy (non-hydrogen) atoms. The second kappa shape index (κ2) is 5.36. The van der Waals surface area contributed by atoms with Gasteiger partial charge in [0, 0.05) is 16.5 Å². The molecule has 1 aromatic carbocycles. The minimum atomic E-state index is -0.147. The molecule has 0 radical (unpaired) electrons. The average Bonchev–Trinajstić information content (AvgIpc) is 2.37. The van der Waals surface area contributed by atoms with Crippen LogP contribution in [0.15, 0.2) is 30.3 Å². The van der Waals surface area contributed by atoms with Gasteiger partial charge in [0.15, 0.2) is 0 Å². The number of rotatable bonds is 3. The lowest BCUT2D eigenvalue weighted by molar-refractivity contribution is 0.0934. The zero-order chi connectivity index (χ0) is 13.1. The first-order valence-corrected chi connectivity index (χ1v) is 6.35. The number of aromatic nitrogens is 1. The molecule has 1 amide bonds. The maximum Gasteiger partial charge on any atom is 0.270 e. The highest BCUT2D eigenvalue weighted by Gasteiger charge is 2.10. The summed E-state index contributed by atoms with van der Waals surface area (Å²) < 4.78 is 0. The Hall–Kier alpha value is -1.61. The SMILES string of the molecule is CCC(C)NC(=O)c1ccc2ccc(Cl)cc2n1. The monoisotopic (exact) mass is 262 g/mol. The normalized spacial score (nSPS) is 12.4. The van der Waals surface area contributed by atoms with E-state index in [0.717, 1.165) is 17.3 Å². The summed E-state index contributed by atoms with van der Waals surface area (Å²) in [5.41, 5.74) is 1.16. The van der Waals surface area contributed by atoms with Crippen LogP contribution in [0.4, 0.5) is 0 Å². The van der Waals surface area contributed by atoms with Gasteiger partial charge >= 0.3 is 0 Å². The van der Waals surface area contributed by atoms with E-state index in [0.29, 0.717) is 10.7 Å². The molecule has 1 aromatic heterocycles. The maximum absolute atomic E-state index is 11.9. The fraction of sp³-hybridized carbons (Fsp3) is 0.286. The zero-order valence-corrected chi connectivity index (χ0v) is 11.2. The number of amides is 1. The van der Waals surface area contributed by atoms with Gasteiger partial charge < -0.3 is 5.32 Å². The Balaban J connectivity index is 2.31. The third kappa shape index (κ3) is 2.79. The summed E-state index contributed by atoms with van der Waals surface area (Å²) in [5, 5.41) is 4.48. The van der Waals surface area contributed by atoms with E-state index in [9.17, 15) is 4.79 Å². The molecule has 0 spiro atoms. The number of carbonyl (C=O) groups is 1. The van der Waals surface area contributed by atoms with Crippen LogP contribution in [0.2, 0.25) is 5.02 Å². The van der Waals surface area contributed by atoms with Crippen molar-refractivity contribution in [1.29, 1.82) is 0 Å². The first-order valence-electron chi connectivity index (χ1n) is 5.97. The number of halogens is 1. The standard InChI is InChI=1S/C14H15ClN2O/c1-3-9(2)16-14(18)12-7-5-10-4-6-11(15)8-13(10)17-12/h4-9H,3H2,1-2H3,(H,16,18). The van der Waals surface area contributed by atoms with Gasteiger partial charge in [0.2, 0.25) is 0 Å². The Morgan fingerprint density at radius 2 is 2.11 bits per heavy atom. The van der Waals surface area contributed by atoms with E-state index in [4.69, 9.17) is 11.6 Å². The quantitative estimate of drug-likeness (QED) is 0.921. The Morgan fingerprint density at radius 1 is 1.39 bits per heavy atom. The van der Waals surface area contributed by atoms with Gasteiger partial charge in [0.05, 0.1) is 5.52 Å². The Morgan fingerprint density at radius 3 is 2.83 bits per heavy atom. The van der Waals surface area contributed by atoms with Crippen LogP contribution < -0.4 is 5.32 Å². The van der Waals surface area contributed by atoms with Crippen molar-refractivity contribution >= 4 is 28.4 Å². The number of pyridine rings is 1. The van der Waals surface area contributed by atoms with Crippen molar-refractivity contribution in [3.8, 4) is 0 Å². The second-order valence-electron chi connectivity index (χ2n) is 4.32. The molecule has 94 valence electrons. The minimum absolute atomic E-state index is 0.147. The molecule has 3 nitrogen and oxygen atoms in total. The molecule has 0 saturated heterocycles. The van der Waals surface area contributed by atoms with Crippen LogP contribution in [0, 0.1) is 0 Å². The highest BCUT2D eigenvalue weighted by Crippen LogP contribution is 2.18. The maximum atomic E-state index is 11.9. The van der Waals surface area contributed by atoms with Gasteiger partial charge in [0.1, 0.15) is 5.69 Å². The Labute approximate surface area is 111 Å². The minimum Gasteiger partial charge on any atom is -0.348 e. The Bertz CT molecular complexity index is 583. The summed E-state index contributed by atoms with van der Waals surface area (Å²) >= 11 is 5.92. The molecule has 0 fully saturated rings. The molecule has 2 aromatic rings. The molecule has 1 unspecified atom stereocenters. The number of nitrogens with zero attached hydrogens (tertiary/aromatic N) is 1. The smallest absolute Gasteiger partial charge is 0.270 e. The number of hydrogen-bond donors (Lipinski definition) is 1. The van der Waals surface area contributed by atoms with Crippen LogP contribution in [0.3, 0.4) is 0 Å². The summed E-state index contributed by atoms with van der Waals surface area (Å²) in [6.45, 7) is 3.99. The van der Waals surface area contributed by atoms with Crippen LogP contribution in [-0.2, 0) is 0 Å². The summed E-state index contributed by atoms with van der Waals surface area (Å²) in [5.74, 6) is -0.147. The van der Waals surface area contributed by atoms with E-state index in [1.54, 1.807) is 12.1 Å². The fourth-order valence-electron chi connectivity index (χ4n) is 1.62. The first-order chi connectivity index (χ1) is 8.60. The molecule has 0 aliphatic rings. The lowest BCUT2D eigenvalue weighted by Crippen LogP contribution is -2.32. The second-order valence-corrected chi connectivity index (χ2v) is 4.75. The van der Waals surface area contributed by atoms with Crippen molar-refractivity contribution < 1.29 is 4.79 Å². The van der Waals surface area contributed by atoms with Gasteiger partial charge in [0.25, 0.3) is 5.91 Å². The van der Waals surface area contributed by atoms with E-state index >= 15 is 0 Å². The van der Waals surface area contributed by atoms with Crippen LogP contribution in [0.5, 0.6) is 0 Å². The molecule has 0 bridgehead atoms. The third-order valence-electron chi connectivity index (χ3n) is 2.88. The number of fused-ring (bicyclic) bond motifs is 1. The van der Waals surface area contributed by atoms with Gasteiger partial charge in [-0.15, -0.1) is 0 Å². The van der Waals surface area contributed by atoms with Crippen molar-refractivity contribution in [2.45, 2.75) is 26.3 Å². The molecule has 1 atom stereocenters. The lowest BCUT2D eigenvalue weighted by Gasteiger charge is -2.11. The fourth-order valence-corrected chi connectivity index (χ4v) is 1.78. The molecule has 1 heterocycles. The van der Waals surface area contributed by atoms with Crippen LogP contribution in [0.1, 0.15) is 30.8 Å². The summed E-state index contributed by atoms with van der Waals surface area (Å²) in [7, 11) is 0. The molecule has 4 heteroatoms. The number of nitrogens with one attached hydrogen (secondary N) is 1. The molecule has 0 aliphatic heterocycles.